The maximum atomic E-state index is 5.97. The second-order valence-electron chi connectivity index (χ2n) is 7.30. The number of anilines is 1. The normalized spacial score (nSPS) is 10.8. The molecule has 2 rings (SSSR count). The Kier molecular flexibility index (Phi) is 12.1. The summed E-state index contributed by atoms with van der Waals surface area (Å²) in [6.45, 7) is 5.51. The molecule has 0 aliphatic carbocycles. The highest BCUT2D eigenvalue weighted by Gasteiger charge is 2.06. The van der Waals surface area contributed by atoms with Gasteiger partial charge in [-0.2, -0.15) is 5.10 Å². The van der Waals surface area contributed by atoms with Crippen LogP contribution in [0.1, 0.15) is 64.4 Å². The molecule has 0 bridgehead atoms. The van der Waals surface area contributed by atoms with Gasteiger partial charge in [0.2, 0.25) is 0 Å². The van der Waals surface area contributed by atoms with Gasteiger partial charge in [-0.05, 0) is 61.5 Å². The van der Waals surface area contributed by atoms with Crippen LogP contribution in [0.25, 0.3) is 0 Å². The van der Waals surface area contributed by atoms with Crippen molar-refractivity contribution < 1.29 is 9.47 Å². The smallest absolute Gasteiger partial charge is 0.191 e. The number of nitrogens with zero attached hydrogens (tertiary/aromatic N) is 1. The minimum absolute atomic E-state index is 0.433. The molecule has 0 atom stereocenters. The summed E-state index contributed by atoms with van der Waals surface area (Å²) >= 11 is 5.26. The second kappa shape index (κ2) is 15.2. The molecule has 2 N–H and O–H groups in total. The van der Waals surface area contributed by atoms with Crippen molar-refractivity contribution in [3.63, 3.8) is 0 Å². The van der Waals surface area contributed by atoms with Crippen molar-refractivity contribution in [3.05, 3.63) is 54.1 Å². The van der Waals surface area contributed by atoms with Crippen molar-refractivity contribution in [3.8, 4) is 11.5 Å². The van der Waals surface area contributed by atoms with Crippen molar-refractivity contribution in [2.45, 2.75) is 58.8 Å². The highest BCUT2D eigenvalue weighted by atomic mass is 32.1. The fourth-order valence-electron chi connectivity index (χ4n) is 3.08. The van der Waals surface area contributed by atoms with Crippen LogP contribution >= 0.6 is 12.2 Å². The summed E-state index contributed by atoms with van der Waals surface area (Å²) in [6, 6.07) is 15.6. The Hall–Kier alpha value is -2.60. The molecule has 0 saturated heterocycles. The third-order valence-electron chi connectivity index (χ3n) is 4.68. The number of hydrogen-bond donors (Lipinski definition) is 2. The molecule has 6 heteroatoms. The predicted molar refractivity (Wildman–Crippen MR) is 134 cm³/mol. The fraction of sp³-hybridized carbons (Fsp3) is 0.440. The number of hydrazone groups is 1. The zero-order valence-electron chi connectivity index (χ0n) is 18.7. The number of unbranched alkanes of at least 4 members (excludes halogenated alkanes) is 6. The molecule has 0 aliphatic heterocycles. The lowest BCUT2D eigenvalue weighted by atomic mass is 10.1. The molecule has 0 heterocycles. The topological polar surface area (TPSA) is 54.9 Å². The van der Waals surface area contributed by atoms with E-state index in [1.807, 2.05) is 55.5 Å². The van der Waals surface area contributed by atoms with Gasteiger partial charge in [-0.3, -0.25) is 5.43 Å². The fourth-order valence-corrected chi connectivity index (χ4v) is 3.25. The molecular weight excluding hydrogens is 406 g/mol. The van der Waals surface area contributed by atoms with Crippen molar-refractivity contribution in [2.75, 3.05) is 18.5 Å². The minimum Gasteiger partial charge on any atom is -0.490 e. The lowest BCUT2D eigenvalue weighted by Gasteiger charge is -2.12. The summed E-state index contributed by atoms with van der Waals surface area (Å²) in [4.78, 5) is 0. The van der Waals surface area contributed by atoms with E-state index in [0.717, 1.165) is 29.2 Å². The molecule has 5 nitrogen and oxygen atoms in total. The molecule has 0 spiro atoms. The van der Waals surface area contributed by atoms with Crippen LogP contribution in [0.15, 0.2) is 53.6 Å². The van der Waals surface area contributed by atoms with Crippen LogP contribution in [0.5, 0.6) is 11.5 Å². The average Bonchev–Trinajstić information content (AvgIpc) is 2.77. The van der Waals surface area contributed by atoms with E-state index in [2.05, 4.69) is 22.8 Å². The third-order valence-corrected chi connectivity index (χ3v) is 4.88. The third kappa shape index (κ3) is 10.3. The van der Waals surface area contributed by atoms with E-state index >= 15 is 0 Å². The van der Waals surface area contributed by atoms with E-state index in [1.165, 1.54) is 38.5 Å². The van der Waals surface area contributed by atoms with Crippen LogP contribution in [0, 0.1) is 0 Å². The van der Waals surface area contributed by atoms with E-state index in [9.17, 15) is 0 Å². The summed E-state index contributed by atoms with van der Waals surface area (Å²) in [5.74, 6) is 1.51. The zero-order chi connectivity index (χ0) is 22.2. The molecule has 0 unspecified atom stereocenters. The van der Waals surface area contributed by atoms with Gasteiger partial charge >= 0.3 is 0 Å². The number of nitrogens with one attached hydrogen (secondary N) is 2. The van der Waals surface area contributed by atoms with Gasteiger partial charge in [-0.1, -0.05) is 63.6 Å². The maximum Gasteiger partial charge on any atom is 0.191 e. The quantitative estimate of drug-likeness (QED) is 0.151. The number of hydrogen-bond acceptors (Lipinski definition) is 4. The van der Waals surface area contributed by atoms with Crippen LogP contribution in [0.4, 0.5) is 5.69 Å². The van der Waals surface area contributed by atoms with Crippen molar-refractivity contribution in [2.24, 2.45) is 5.10 Å². The largest absolute Gasteiger partial charge is 0.490 e. The first-order valence-corrected chi connectivity index (χ1v) is 11.7. The van der Waals surface area contributed by atoms with Gasteiger partial charge in [0.15, 0.2) is 16.6 Å². The lowest BCUT2D eigenvalue weighted by molar-refractivity contribution is 0.270. The summed E-state index contributed by atoms with van der Waals surface area (Å²) in [6.07, 6.45) is 10.6. The van der Waals surface area contributed by atoms with Gasteiger partial charge in [0.05, 0.1) is 19.4 Å². The van der Waals surface area contributed by atoms with E-state index in [1.54, 1.807) is 6.21 Å². The molecule has 0 amide bonds. The van der Waals surface area contributed by atoms with Gasteiger partial charge < -0.3 is 14.8 Å². The molecular formula is C25H35N3O2S. The Bertz CT molecular complexity index is 797. The molecule has 0 aromatic heterocycles. The SMILES string of the molecule is CCCCCCCCCOc1ccc(/C=N/NC(=S)Nc2ccccc2)cc1OCC. The number of thiocarbonyl (C=S) groups is 1. The first-order chi connectivity index (χ1) is 15.2. The monoisotopic (exact) mass is 441 g/mol. The Morgan fingerprint density at radius 2 is 1.65 bits per heavy atom. The Labute approximate surface area is 192 Å². The van der Waals surface area contributed by atoms with Crippen molar-refractivity contribution in [1.29, 1.82) is 0 Å². The summed E-state index contributed by atoms with van der Waals surface area (Å²) < 4.78 is 11.7. The molecule has 0 fully saturated rings. The molecule has 2 aromatic carbocycles. The molecule has 0 saturated carbocycles. The Balaban J connectivity index is 1.79. The second-order valence-corrected chi connectivity index (χ2v) is 7.71. The zero-order valence-corrected chi connectivity index (χ0v) is 19.5. The Morgan fingerprint density at radius 3 is 2.39 bits per heavy atom. The van der Waals surface area contributed by atoms with Crippen LogP contribution in [-0.4, -0.2) is 24.5 Å². The Morgan fingerprint density at radius 1 is 0.903 bits per heavy atom. The van der Waals surface area contributed by atoms with Gasteiger partial charge in [0, 0.05) is 5.69 Å². The van der Waals surface area contributed by atoms with Crippen LogP contribution in [-0.2, 0) is 0 Å². The van der Waals surface area contributed by atoms with E-state index < -0.39 is 0 Å². The summed E-state index contributed by atoms with van der Waals surface area (Å²) in [7, 11) is 0. The molecule has 0 radical (unpaired) electrons. The molecule has 0 aliphatic rings. The van der Waals surface area contributed by atoms with Gasteiger partial charge in [0.25, 0.3) is 0 Å². The molecule has 31 heavy (non-hydrogen) atoms. The number of para-hydroxylation sites is 1. The maximum absolute atomic E-state index is 5.97. The number of ether oxygens (including phenoxy) is 2. The first-order valence-electron chi connectivity index (χ1n) is 11.3. The molecule has 168 valence electrons. The predicted octanol–water partition coefficient (Wildman–Crippen LogP) is 6.54. The van der Waals surface area contributed by atoms with Crippen LogP contribution in [0.2, 0.25) is 0 Å². The van der Waals surface area contributed by atoms with E-state index in [4.69, 9.17) is 21.7 Å². The number of rotatable bonds is 14. The summed E-state index contributed by atoms with van der Waals surface area (Å²) in [5, 5.41) is 7.72. The van der Waals surface area contributed by atoms with Gasteiger partial charge in [-0.15, -0.1) is 0 Å². The van der Waals surface area contributed by atoms with E-state index in [-0.39, 0.29) is 0 Å². The van der Waals surface area contributed by atoms with Crippen LogP contribution < -0.4 is 20.2 Å². The highest BCUT2D eigenvalue weighted by molar-refractivity contribution is 7.80. The summed E-state index contributed by atoms with van der Waals surface area (Å²) in [5.41, 5.74) is 4.65. The van der Waals surface area contributed by atoms with Gasteiger partial charge in [-0.25, -0.2) is 0 Å². The average molecular weight is 442 g/mol. The van der Waals surface area contributed by atoms with Crippen molar-refractivity contribution >= 4 is 29.2 Å². The lowest BCUT2D eigenvalue weighted by Crippen LogP contribution is -2.23. The number of benzene rings is 2. The minimum atomic E-state index is 0.433. The first kappa shape index (κ1) is 24.7. The molecule has 2 aromatic rings. The van der Waals surface area contributed by atoms with Gasteiger partial charge in [0.1, 0.15) is 0 Å². The van der Waals surface area contributed by atoms with Crippen LogP contribution in [0.3, 0.4) is 0 Å². The van der Waals surface area contributed by atoms with E-state index in [0.29, 0.717) is 18.3 Å². The van der Waals surface area contributed by atoms with Crippen molar-refractivity contribution in [1.82, 2.24) is 5.43 Å². The standard InChI is InChI=1S/C25H35N3O2S/c1-3-5-6-7-8-9-13-18-30-23-17-16-21(19-24(23)29-4-2)20-26-28-25(31)27-22-14-11-10-12-15-22/h10-12,14-17,19-20H,3-9,13,18H2,1-2H3,(H2,27,28,31)/b26-20+. The highest BCUT2D eigenvalue weighted by Crippen LogP contribution is 2.28.